The predicted molar refractivity (Wildman–Crippen MR) is 91.5 cm³/mol. The van der Waals surface area contributed by atoms with E-state index in [1.54, 1.807) is 32.0 Å². The largest absolute Gasteiger partial charge is 0.496 e. The molecule has 6 heteroatoms. The molecule has 0 N–H and O–H groups in total. The molecule has 0 saturated carbocycles. The van der Waals surface area contributed by atoms with E-state index in [0.29, 0.717) is 17.9 Å². The minimum Gasteiger partial charge on any atom is -0.496 e. The van der Waals surface area contributed by atoms with E-state index in [2.05, 4.69) is 16.5 Å². The molecule has 0 radical (unpaired) electrons. The number of nitrogens with zero attached hydrogens (tertiary/aromatic N) is 2. The van der Waals surface area contributed by atoms with Crippen LogP contribution in [0, 0.1) is 13.8 Å². The molecule has 23 heavy (non-hydrogen) atoms. The van der Waals surface area contributed by atoms with Crippen LogP contribution in [0.3, 0.4) is 0 Å². The molecule has 0 atom stereocenters. The fourth-order valence-corrected chi connectivity index (χ4v) is 3.40. The highest BCUT2D eigenvalue weighted by Crippen LogP contribution is 2.29. The van der Waals surface area contributed by atoms with Crippen LogP contribution in [0.2, 0.25) is 0 Å². The topological polar surface area (TPSA) is 53.4 Å². The standard InChI is InChI=1S/C17H22N2O3S/c1-12-13(2)19(7-8-21-3)17(18-12)23-11-15-9-14(10-20)5-6-16(15)22-4/h5-6,9-10H,7-8,11H2,1-4H3. The number of aromatic nitrogens is 2. The zero-order valence-electron chi connectivity index (χ0n) is 14.0. The van der Waals surface area contributed by atoms with Crippen LogP contribution in [0.5, 0.6) is 5.75 Å². The van der Waals surface area contributed by atoms with E-state index in [4.69, 9.17) is 9.47 Å². The van der Waals surface area contributed by atoms with Crippen LogP contribution in [0.15, 0.2) is 23.4 Å². The van der Waals surface area contributed by atoms with Gasteiger partial charge in [0.1, 0.15) is 12.0 Å². The number of aryl methyl sites for hydroxylation is 1. The van der Waals surface area contributed by atoms with Gasteiger partial charge in [-0.25, -0.2) is 4.98 Å². The van der Waals surface area contributed by atoms with Crippen LogP contribution in [-0.2, 0) is 17.0 Å². The Kier molecular flexibility index (Phi) is 6.24. The summed E-state index contributed by atoms with van der Waals surface area (Å²) in [5, 5.41) is 0.954. The summed E-state index contributed by atoms with van der Waals surface area (Å²) in [6.45, 7) is 5.50. The van der Waals surface area contributed by atoms with Gasteiger partial charge in [-0.3, -0.25) is 4.79 Å². The Morgan fingerprint density at radius 3 is 2.74 bits per heavy atom. The lowest BCUT2D eigenvalue weighted by atomic mass is 10.1. The summed E-state index contributed by atoms with van der Waals surface area (Å²) in [4.78, 5) is 15.6. The zero-order chi connectivity index (χ0) is 16.8. The Morgan fingerprint density at radius 1 is 1.30 bits per heavy atom. The second-order valence-corrected chi connectivity index (χ2v) is 6.13. The summed E-state index contributed by atoms with van der Waals surface area (Å²) in [6.07, 6.45) is 0.849. The highest BCUT2D eigenvalue weighted by atomic mass is 32.2. The Balaban J connectivity index is 2.20. The molecule has 2 aromatic rings. The number of rotatable bonds is 8. The van der Waals surface area contributed by atoms with E-state index in [1.165, 1.54) is 0 Å². The first-order chi connectivity index (χ1) is 11.1. The number of carbonyl (C=O) groups is 1. The monoisotopic (exact) mass is 334 g/mol. The summed E-state index contributed by atoms with van der Waals surface area (Å²) in [7, 11) is 3.33. The quantitative estimate of drug-likeness (QED) is 0.548. The third-order valence-electron chi connectivity index (χ3n) is 3.74. The Labute approximate surface area is 141 Å². The van der Waals surface area contributed by atoms with Crippen LogP contribution in [-0.4, -0.2) is 36.7 Å². The molecular weight excluding hydrogens is 312 g/mol. The second-order valence-electron chi connectivity index (χ2n) is 5.19. The first-order valence-corrected chi connectivity index (χ1v) is 8.36. The average Bonchev–Trinajstić information content (AvgIpc) is 2.84. The number of hydrogen-bond acceptors (Lipinski definition) is 5. The van der Waals surface area contributed by atoms with Gasteiger partial charge in [0.25, 0.3) is 0 Å². The molecule has 0 aliphatic carbocycles. The highest BCUT2D eigenvalue weighted by Gasteiger charge is 2.13. The average molecular weight is 334 g/mol. The van der Waals surface area contributed by atoms with Crippen molar-refractivity contribution in [2.45, 2.75) is 31.3 Å². The fraction of sp³-hybridized carbons (Fsp3) is 0.412. The molecule has 1 aromatic carbocycles. The molecule has 5 nitrogen and oxygen atoms in total. The van der Waals surface area contributed by atoms with Crippen LogP contribution in [0.1, 0.15) is 27.3 Å². The van der Waals surface area contributed by atoms with Crippen molar-refractivity contribution in [3.05, 3.63) is 40.7 Å². The van der Waals surface area contributed by atoms with Crippen molar-refractivity contribution in [1.29, 1.82) is 0 Å². The third-order valence-corrected chi connectivity index (χ3v) is 4.76. The van der Waals surface area contributed by atoms with Crippen molar-refractivity contribution in [1.82, 2.24) is 9.55 Å². The van der Waals surface area contributed by atoms with Gasteiger partial charge in [0.2, 0.25) is 0 Å². The molecular formula is C17H22N2O3S. The molecule has 0 aliphatic heterocycles. The summed E-state index contributed by atoms with van der Waals surface area (Å²) in [6, 6.07) is 5.45. The van der Waals surface area contributed by atoms with Crippen LogP contribution in [0.25, 0.3) is 0 Å². The summed E-state index contributed by atoms with van der Waals surface area (Å²) >= 11 is 1.63. The molecule has 0 aliphatic rings. The molecule has 0 saturated heterocycles. The van der Waals surface area contributed by atoms with E-state index in [1.807, 2.05) is 19.1 Å². The van der Waals surface area contributed by atoms with Crippen molar-refractivity contribution >= 4 is 18.0 Å². The lowest BCUT2D eigenvalue weighted by Crippen LogP contribution is -2.07. The van der Waals surface area contributed by atoms with Crippen molar-refractivity contribution in [3.8, 4) is 5.75 Å². The summed E-state index contributed by atoms with van der Waals surface area (Å²) in [5.41, 5.74) is 3.81. The van der Waals surface area contributed by atoms with Crippen molar-refractivity contribution in [3.63, 3.8) is 0 Å². The third kappa shape index (κ3) is 4.14. The van der Waals surface area contributed by atoms with Crippen LogP contribution < -0.4 is 4.74 Å². The first kappa shape index (κ1) is 17.6. The van der Waals surface area contributed by atoms with E-state index in [-0.39, 0.29) is 0 Å². The van der Waals surface area contributed by atoms with Gasteiger partial charge in [0.05, 0.1) is 19.4 Å². The smallest absolute Gasteiger partial charge is 0.168 e. The maximum Gasteiger partial charge on any atom is 0.168 e. The van der Waals surface area contributed by atoms with Crippen molar-refractivity contribution in [2.24, 2.45) is 0 Å². The molecule has 0 amide bonds. The number of carbonyl (C=O) groups excluding carboxylic acids is 1. The number of benzene rings is 1. The molecule has 0 unspecified atom stereocenters. The highest BCUT2D eigenvalue weighted by molar-refractivity contribution is 7.98. The van der Waals surface area contributed by atoms with Gasteiger partial charge in [-0.1, -0.05) is 11.8 Å². The van der Waals surface area contributed by atoms with Crippen LogP contribution in [0.4, 0.5) is 0 Å². The molecule has 124 valence electrons. The lowest BCUT2D eigenvalue weighted by molar-refractivity contribution is 0.112. The number of methoxy groups -OCH3 is 2. The Bertz CT molecular complexity index is 683. The van der Waals surface area contributed by atoms with Gasteiger partial charge in [-0.15, -0.1) is 0 Å². The van der Waals surface area contributed by atoms with Gasteiger partial charge in [-0.05, 0) is 32.0 Å². The number of ether oxygens (including phenoxy) is 2. The molecule has 0 fully saturated rings. The van der Waals surface area contributed by atoms with Crippen LogP contribution >= 0.6 is 11.8 Å². The summed E-state index contributed by atoms with van der Waals surface area (Å²) in [5.74, 6) is 1.47. The molecule has 1 aromatic heterocycles. The van der Waals surface area contributed by atoms with E-state index in [0.717, 1.165) is 40.7 Å². The van der Waals surface area contributed by atoms with E-state index < -0.39 is 0 Å². The van der Waals surface area contributed by atoms with E-state index >= 15 is 0 Å². The number of thioether (sulfide) groups is 1. The Morgan fingerprint density at radius 2 is 2.09 bits per heavy atom. The molecule has 0 spiro atoms. The minimum absolute atomic E-state index is 0.647. The predicted octanol–water partition coefficient (Wildman–Crippen LogP) is 3.26. The van der Waals surface area contributed by atoms with Gasteiger partial charge in [0.15, 0.2) is 5.16 Å². The number of hydrogen-bond donors (Lipinski definition) is 0. The first-order valence-electron chi connectivity index (χ1n) is 7.38. The SMILES string of the molecule is COCCn1c(SCc2cc(C=O)ccc2OC)nc(C)c1C. The van der Waals surface area contributed by atoms with Gasteiger partial charge >= 0.3 is 0 Å². The summed E-state index contributed by atoms with van der Waals surface area (Å²) < 4.78 is 12.7. The zero-order valence-corrected chi connectivity index (χ0v) is 14.8. The maximum atomic E-state index is 11.0. The second kappa shape index (κ2) is 8.17. The van der Waals surface area contributed by atoms with Gasteiger partial charge < -0.3 is 14.0 Å². The van der Waals surface area contributed by atoms with Gasteiger partial charge in [-0.2, -0.15) is 0 Å². The van der Waals surface area contributed by atoms with E-state index in [9.17, 15) is 4.79 Å². The number of imidazole rings is 1. The van der Waals surface area contributed by atoms with Crippen molar-refractivity contribution in [2.75, 3.05) is 20.8 Å². The fourth-order valence-electron chi connectivity index (χ4n) is 2.31. The number of aldehydes is 1. The lowest BCUT2D eigenvalue weighted by Gasteiger charge is -2.11. The van der Waals surface area contributed by atoms with Crippen molar-refractivity contribution < 1.29 is 14.3 Å². The Hall–Kier alpha value is -1.79. The van der Waals surface area contributed by atoms with Gasteiger partial charge in [0, 0.05) is 36.2 Å². The normalized spacial score (nSPS) is 10.8. The molecule has 1 heterocycles. The minimum atomic E-state index is 0.647. The molecule has 0 bridgehead atoms. The maximum absolute atomic E-state index is 11.0. The molecule has 2 rings (SSSR count).